The summed E-state index contributed by atoms with van der Waals surface area (Å²) < 4.78 is 46.7. The average Bonchev–Trinajstić information content (AvgIpc) is 3.00. The zero-order valence-corrected chi connectivity index (χ0v) is 14.8. The normalized spacial score (nSPS) is 13.0. The summed E-state index contributed by atoms with van der Waals surface area (Å²) in [7, 11) is 1.59. The molecule has 0 spiro atoms. The number of aromatic amines is 1. The Kier molecular flexibility index (Phi) is 5.26. The number of halogens is 3. The number of H-pyrrole nitrogens is 1. The molecule has 0 aliphatic heterocycles. The largest absolute Gasteiger partial charge is 0.497 e. The number of benzene rings is 1. The van der Waals surface area contributed by atoms with Gasteiger partial charge in [-0.05, 0) is 25.1 Å². The Morgan fingerprint density at radius 2 is 2.00 bits per heavy atom. The van der Waals surface area contributed by atoms with Crippen LogP contribution in [-0.4, -0.2) is 34.8 Å². The predicted octanol–water partition coefficient (Wildman–Crippen LogP) is 4.76. The number of nitrogens with zero attached hydrogens (tertiary/aromatic N) is 2. The summed E-state index contributed by atoms with van der Waals surface area (Å²) in [5, 5.41) is 0.650. The predicted molar refractivity (Wildman–Crippen MR) is 92.7 cm³/mol. The second kappa shape index (κ2) is 7.45. The second-order valence-corrected chi connectivity index (χ2v) is 6.83. The van der Waals surface area contributed by atoms with E-state index in [2.05, 4.69) is 15.0 Å². The molecule has 138 valence electrons. The summed E-state index contributed by atoms with van der Waals surface area (Å²) in [6, 6.07) is 8.23. The highest BCUT2D eigenvalue weighted by Gasteiger charge is 2.28. The summed E-state index contributed by atoms with van der Waals surface area (Å²) in [5.74, 6) is 0.846. The van der Waals surface area contributed by atoms with Gasteiger partial charge in [0.15, 0.2) is 11.8 Å². The molecule has 1 atom stereocenters. The van der Waals surface area contributed by atoms with Crippen molar-refractivity contribution in [3.63, 3.8) is 0 Å². The summed E-state index contributed by atoms with van der Waals surface area (Å²) in [4.78, 5) is 11.9. The van der Waals surface area contributed by atoms with E-state index in [1.165, 1.54) is 23.9 Å². The highest BCUT2D eigenvalue weighted by molar-refractivity contribution is 7.99. The Morgan fingerprint density at radius 1 is 1.19 bits per heavy atom. The zero-order valence-electron chi connectivity index (χ0n) is 14.0. The molecule has 26 heavy (non-hydrogen) atoms. The van der Waals surface area contributed by atoms with Crippen LogP contribution in [-0.2, 0) is 0 Å². The van der Waals surface area contributed by atoms with Gasteiger partial charge in [-0.25, -0.2) is 4.98 Å². The summed E-state index contributed by atoms with van der Waals surface area (Å²) in [6.07, 6.45) is -2.70. The number of methoxy groups -OCH3 is 1. The molecule has 3 rings (SSSR count). The maximum Gasteiger partial charge on any atom is 0.422 e. The van der Waals surface area contributed by atoms with Gasteiger partial charge in [0, 0.05) is 18.3 Å². The maximum absolute atomic E-state index is 12.3. The van der Waals surface area contributed by atoms with E-state index in [0.717, 1.165) is 17.0 Å². The number of aromatic nitrogens is 3. The second-order valence-electron chi connectivity index (χ2n) is 5.51. The van der Waals surface area contributed by atoms with Crippen LogP contribution in [0, 0.1) is 0 Å². The quantitative estimate of drug-likeness (QED) is 0.622. The van der Waals surface area contributed by atoms with Crippen molar-refractivity contribution in [3.05, 3.63) is 42.2 Å². The molecule has 1 aromatic carbocycles. The highest BCUT2D eigenvalue weighted by Crippen LogP contribution is 2.34. The van der Waals surface area contributed by atoms with Gasteiger partial charge in [-0.2, -0.15) is 13.2 Å². The van der Waals surface area contributed by atoms with E-state index in [-0.39, 0.29) is 11.0 Å². The Bertz CT molecular complexity index is 898. The fourth-order valence-electron chi connectivity index (χ4n) is 2.28. The number of hydrogen-bond donors (Lipinski definition) is 1. The number of pyridine rings is 1. The molecule has 0 amide bonds. The van der Waals surface area contributed by atoms with E-state index in [0.29, 0.717) is 10.7 Å². The summed E-state index contributed by atoms with van der Waals surface area (Å²) in [5.41, 5.74) is 2.10. The van der Waals surface area contributed by atoms with Gasteiger partial charge in [-0.1, -0.05) is 11.8 Å². The van der Waals surface area contributed by atoms with Crippen molar-refractivity contribution in [2.45, 2.75) is 23.5 Å². The third-order valence-electron chi connectivity index (χ3n) is 3.53. The molecule has 0 radical (unpaired) electrons. The van der Waals surface area contributed by atoms with Crippen molar-refractivity contribution in [2.75, 3.05) is 13.7 Å². The number of ether oxygens (including phenoxy) is 2. The lowest BCUT2D eigenvalue weighted by Gasteiger charge is -2.09. The van der Waals surface area contributed by atoms with Crippen LogP contribution in [0.25, 0.3) is 11.0 Å². The molecular weight excluding hydrogens is 367 g/mol. The van der Waals surface area contributed by atoms with Crippen molar-refractivity contribution in [1.82, 2.24) is 15.0 Å². The molecule has 2 heterocycles. The van der Waals surface area contributed by atoms with Gasteiger partial charge in [0.1, 0.15) is 11.5 Å². The lowest BCUT2D eigenvalue weighted by Crippen LogP contribution is -2.19. The van der Waals surface area contributed by atoms with Crippen LogP contribution < -0.4 is 9.47 Å². The van der Waals surface area contributed by atoms with Crippen LogP contribution in [0.1, 0.15) is 17.9 Å². The van der Waals surface area contributed by atoms with Gasteiger partial charge >= 0.3 is 6.18 Å². The van der Waals surface area contributed by atoms with Gasteiger partial charge in [-0.3, -0.25) is 4.98 Å². The van der Waals surface area contributed by atoms with Gasteiger partial charge in [-0.15, -0.1) is 0 Å². The molecule has 0 aliphatic rings. The maximum atomic E-state index is 12.3. The molecular formula is C17H16F3N3O2S. The Hall–Kier alpha value is -2.42. The molecule has 2 aromatic heterocycles. The summed E-state index contributed by atoms with van der Waals surface area (Å²) in [6.45, 7) is 0.653. The molecule has 0 aliphatic carbocycles. The van der Waals surface area contributed by atoms with Crippen molar-refractivity contribution >= 4 is 22.8 Å². The number of imidazole rings is 1. The van der Waals surface area contributed by atoms with E-state index in [1.54, 1.807) is 25.4 Å². The minimum Gasteiger partial charge on any atom is -0.497 e. The molecule has 9 heteroatoms. The van der Waals surface area contributed by atoms with Crippen LogP contribution in [0.5, 0.6) is 11.5 Å². The Labute approximate surface area is 151 Å². The van der Waals surface area contributed by atoms with E-state index in [4.69, 9.17) is 9.47 Å². The minimum atomic E-state index is -4.37. The number of thioether (sulfide) groups is 1. The van der Waals surface area contributed by atoms with Crippen LogP contribution >= 0.6 is 11.8 Å². The first-order chi connectivity index (χ1) is 12.3. The van der Waals surface area contributed by atoms with Gasteiger partial charge in [0.2, 0.25) is 0 Å². The lowest BCUT2D eigenvalue weighted by atomic mass is 10.3. The topological polar surface area (TPSA) is 60.0 Å². The van der Waals surface area contributed by atoms with Crippen molar-refractivity contribution < 1.29 is 22.6 Å². The van der Waals surface area contributed by atoms with Crippen molar-refractivity contribution in [2.24, 2.45) is 0 Å². The smallest absolute Gasteiger partial charge is 0.422 e. The van der Waals surface area contributed by atoms with E-state index in [1.807, 2.05) is 13.0 Å². The SMILES string of the molecule is COc1ccnc(C(C)Sc2nc3cc(OCC(F)(F)F)ccc3[nH]2)c1. The molecule has 0 saturated carbocycles. The van der Waals surface area contributed by atoms with Crippen LogP contribution in [0.15, 0.2) is 41.7 Å². The third-order valence-corrected chi connectivity index (χ3v) is 4.54. The van der Waals surface area contributed by atoms with Crippen LogP contribution in [0.3, 0.4) is 0 Å². The van der Waals surface area contributed by atoms with Crippen LogP contribution in [0.4, 0.5) is 13.2 Å². The number of rotatable bonds is 6. The number of fused-ring (bicyclic) bond motifs is 1. The van der Waals surface area contributed by atoms with Gasteiger partial charge < -0.3 is 14.5 Å². The highest BCUT2D eigenvalue weighted by atomic mass is 32.2. The molecule has 0 fully saturated rings. The third kappa shape index (κ3) is 4.60. The average molecular weight is 383 g/mol. The minimum absolute atomic E-state index is 0.00612. The summed E-state index contributed by atoms with van der Waals surface area (Å²) >= 11 is 1.46. The van der Waals surface area contributed by atoms with Crippen molar-refractivity contribution in [3.8, 4) is 11.5 Å². The molecule has 0 bridgehead atoms. The molecule has 1 unspecified atom stereocenters. The van der Waals surface area contributed by atoms with E-state index >= 15 is 0 Å². The molecule has 5 nitrogen and oxygen atoms in total. The fraction of sp³-hybridized carbons (Fsp3) is 0.294. The number of alkyl halides is 3. The lowest BCUT2D eigenvalue weighted by molar-refractivity contribution is -0.153. The standard InChI is InChI=1S/C17H16F3N3O2S/c1-10(14-7-11(24-2)5-6-21-14)26-16-22-13-4-3-12(8-15(13)23-16)25-9-17(18,19)20/h3-8,10H,9H2,1-2H3,(H,22,23). The first-order valence-corrected chi connectivity index (χ1v) is 8.58. The van der Waals surface area contributed by atoms with Gasteiger partial charge in [0.25, 0.3) is 0 Å². The number of hydrogen-bond acceptors (Lipinski definition) is 5. The molecule has 0 saturated heterocycles. The molecule has 1 N–H and O–H groups in total. The fourth-order valence-corrected chi connectivity index (χ4v) is 3.18. The first-order valence-electron chi connectivity index (χ1n) is 7.70. The van der Waals surface area contributed by atoms with E-state index < -0.39 is 12.8 Å². The Morgan fingerprint density at radius 3 is 2.73 bits per heavy atom. The first kappa shape index (κ1) is 18.4. The van der Waals surface area contributed by atoms with Crippen molar-refractivity contribution in [1.29, 1.82) is 0 Å². The zero-order chi connectivity index (χ0) is 18.7. The van der Waals surface area contributed by atoms with Crippen LogP contribution in [0.2, 0.25) is 0 Å². The van der Waals surface area contributed by atoms with E-state index in [9.17, 15) is 13.2 Å². The Balaban J connectivity index is 1.74. The monoisotopic (exact) mass is 383 g/mol. The molecule has 3 aromatic rings. The number of nitrogens with one attached hydrogen (secondary N) is 1. The van der Waals surface area contributed by atoms with Gasteiger partial charge in [0.05, 0.1) is 29.1 Å².